The number of carboxylic acids is 1. The van der Waals surface area contributed by atoms with E-state index in [0.29, 0.717) is 28.7 Å². The van der Waals surface area contributed by atoms with Gasteiger partial charge in [-0.25, -0.2) is 0 Å². The largest absolute Gasteiger partial charge is 0.481 e. The van der Waals surface area contributed by atoms with Gasteiger partial charge in [0.25, 0.3) is 5.91 Å². The second-order valence-electron chi connectivity index (χ2n) is 3.80. The number of rotatable bonds is 7. The molecule has 0 aromatic heterocycles. The first-order valence-corrected chi connectivity index (χ1v) is 6.35. The summed E-state index contributed by atoms with van der Waals surface area (Å²) in [4.78, 5) is 21.6. The first-order valence-electron chi connectivity index (χ1n) is 5.56. The first-order chi connectivity index (χ1) is 8.52. The van der Waals surface area contributed by atoms with E-state index in [0.717, 1.165) is 6.42 Å². The zero-order chi connectivity index (χ0) is 13.5. The highest BCUT2D eigenvalue weighted by Crippen LogP contribution is 2.24. The van der Waals surface area contributed by atoms with Gasteiger partial charge in [0.05, 0.1) is 5.56 Å². The van der Waals surface area contributed by atoms with Crippen molar-refractivity contribution in [3.05, 3.63) is 28.2 Å². The minimum absolute atomic E-state index is 0.156. The maximum Gasteiger partial charge on any atom is 0.303 e. The fourth-order valence-electron chi connectivity index (χ4n) is 1.55. The van der Waals surface area contributed by atoms with E-state index < -0.39 is 11.9 Å². The van der Waals surface area contributed by atoms with Crippen LogP contribution in [0.15, 0.2) is 22.7 Å². The third kappa shape index (κ3) is 4.37. The smallest absolute Gasteiger partial charge is 0.303 e. The minimum Gasteiger partial charge on any atom is -0.481 e. The molecule has 0 atom stereocenters. The number of hydrogen-bond acceptors (Lipinski definition) is 3. The summed E-state index contributed by atoms with van der Waals surface area (Å²) in [5.41, 5.74) is 6.37. The second kappa shape index (κ2) is 7.00. The van der Waals surface area contributed by atoms with Crippen LogP contribution < -0.4 is 11.1 Å². The van der Waals surface area contributed by atoms with E-state index in [1.807, 2.05) is 0 Å². The minimum atomic E-state index is -0.796. The lowest BCUT2D eigenvalue weighted by Crippen LogP contribution is -2.15. The van der Waals surface area contributed by atoms with Gasteiger partial charge < -0.3 is 16.2 Å². The predicted octanol–water partition coefficient (Wildman–Crippen LogP) is 2.21. The number of aliphatic carboxylic acids is 1. The molecular formula is C12H15BrN2O3. The number of carboxylic acid groups (broad SMARTS) is 1. The summed E-state index contributed by atoms with van der Waals surface area (Å²) in [6.07, 6.45) is 1.47. The molecule has 0 bridgehead atoms. The van der Waals surface area contributed by atoms with Crippen molar-refractivity contribution in [3.63, 3.8) is 0 Å². The highest BCUT2D eigenvalue weighted by Gasteiger charge is 2.11. The van der Waals surface area contributed by atoms with Crippen LogP contribution in [-0.2, 0) is 4.79 Å². The third-order valence-electron chi connectivity index (χ3n) is 2.39. The average molecular weight is 315 g/mol. The SMILES string of the molecule is NC(=O)c1c(Br)cccc1NCCCCC(=O)O. The van der Waals surface area contributed by atoms with E-state index in [1.54, 1.807) is 18.2 Å². The Morgan fingerprint density at radius 3 is 2.67 bits per heavy atom. The van der Waals surface area contributed by atoms with Crippen molar-refractivity contribution < 1.29 is 14.7 Å². The fourth-order valence-corrected chi connectivity index (χ4v) is 2.11. The highest BCUT2D eigenvalue weighted by atomic mass is 79.9. The zero-order valence-electron chi connectivity index (χ0n) is 9.78. The number of nitrogens with two attached hydrogens (primary N) is 1. The van der Waals surface area contributed by atoms with Gasteiger partial charge in [-0.2, -0.15) is 0 Å². The Kier molecular flexibility index (Phi) is 5.64. The van der Waals surface area contributed by atoms with Gasteiger partial charge in [-0.3, -0.25) is 9.59 Å². The summed E-state index contributed by atoms with van der Waals surface area (Å²) in [6, 6.07) is 5.31. The number of carbonyl (C=O) groups excluding carboxylic acids is 1. The summed E-state index contributed by atoms with van der Waals surface area (Å²) in [7, 11) is 0. The number of halogens is 1. The first kappa shape index (κ1) is 14.5. The predicted molar refractivity (Wildman–Crippen MR) is 72.6 cm³/mol. The van der Waals surface area contributed by atoms with Crippen molar-refractivity contribution in [1.29, 1.82) is 0 Å². The molecule has 0 aliphatic carbocycles. The molecule has 0 saturated heterocycles. The van der Waals surface area contributed by atoms with E-state index in [1.165, 1.54) is 0 Å². The van der Waals surface area contributed by atoms with Crippen molar-refractivity contribution in [2.24, 2.45) is 5.73 Å². The van der Waals surface area contributed by atoms with Gasteiger partial charge in [0.1, 0.15) is 0 Å². The van der Waals surface area contributed by atoms with Gasteiger partial charge in [-0.05, 0) is 40.9 Å². The number of hydrogen-bond donors (Lipinski definition) is 3. The van der Waals surface area contributed by atoms with Gasteiger partial charge in [0.2, 0.25) is 0 Å². The summed E-state index contributed by atoms with van der Waals surface area (Å²) in [5, 5.41) is 11.6. The van der Waals surface area contributed by atoms with E-state index >= 15 is 0 Å². The topological polar surface area (TPSA) is 92.4 Å². The van der Waals surface area contributed by atoms with Crippen LogP contribution in [0.3, 0.4) is 0 Å². The number of anilines is 1. The van der Waals surface area contributed by atoms with Crippen molar-refractivity contribution in [2.45, 2.75) is 19.3 Å². The van der Waals surface area contributed by atoms with Crippen LogP contribution in [0.2, 0.25) is 0 Å². The van der Waals surface area contributed by atoms with Crippen LogP contribution in [0.1, 0.15) is 29.6 Å². The molecule has 4 N–H and O–H groups in total. The highest BCUT2D eigenvalue weighted by molar-refractivity contribution is 9.10. The molecule has 1 rings (SSSR count). The standard InChI is InChI=1S/C12H15BrN2O3/c13-8-4-3-5-9(11(8)12(14)18)15-7-2-1-6-10(16)17/h3-5,15H,1-2,6-7H2,(H2,14,18)(H,16,17). The molecule has 0 spiro atoms. The Morgan fingerprint density at radius 2 is 2.06 bits per heavy atom. The van der Waals surface area contributed by atoms with Crippen molar-refractivity contribution in [3.8, 4) is 0 Å². The summed E-state index contributed by atoms with van der Waals surface area (Å²) < 4.78 is 0.644. The monoisotopic (exact) mass is 314 g/mol. The Morgan fingerprint density at radius 1 is 1.33 bits per heavy atom. The number of primary amides is 1. The molecule has 0 aliphatic heterocycles. The second-order valence-corrected chi connectivity index (χ2v) is 4.66. The molecule has 1 aromatic carbocycles. The Balaban J connectivity index is 2.54. The van der Waals surface area contributed by atoms with Crippen LogP contribution in [0.4, 0.5) is 5.69 Å². The molecule has 1 amide bonds. The lowest BCUT2D eigenvalue weighted by molar-refractivity contribution is -0.137. The molecule has 0 fully saturated rings. The zero-order valence-corrected chi connectivity index (χ0v) is 11.4. The number of amides is 1. The quantitative estimate of drug-likeness (QED) is 0.673. The van der Waals surface area contributed by atoms with E-state index in [4.69, 9.17) is 10.8 Å². The van der Waals surface area contributed by atoms with Crippen LogP contribution in [-0.4, -0.2) is 23.5 Å². The molecule has 0 radical (unpaired) electrons. The van der Waals surface area contributed by atoms with Crippen molar-refractivity contribution in [1.82, 2.24) is 0 Å². The normalized spacial score (nSPS) is 10.1. The molecule has 0 unspecified atom stereocenters. The Labute approximate surface area is 113 Å². The maximum absolute atomic E-state index is 11.3. The van der Waals surface area contributed by atoms with Crippen LogP contribution in [0, 0.1) is 0 Å². The van der Waals surface area contributed by atoms with Crippen LogP contribution in [0.5, 0.6) is 0 Å². The molecular weight excluding hydrogens is 300 g/mol. The fraction of sp³-hybridized carbons (Fsp3) is 0.333. The van der Waals surface area contributed by atoms with Crippen molar-refractivity contribution >= 4 is 33.5 Å². The number of unbranched alkanes of at least 4 members (excludes halogenated alkanes) is 1. The van der Waals surface area contributed by atoms with E-state index in [-0.39, 0.29) is 6.42 Å². The molecule has 6 heteroatoms. The molecule has 0 heterocycles. The maximum atomic E-state index is 11.3. The lowest BCUT2D eigenvalue weighted by Gasteiger charge is -2.11. The number of benzene rings is 1. The van der Waals surface area contributed by atoms with Gasteiger partial charge in [0, 0.05) is 23.1 Å². The Bertz CT molecular complexity index is 449. The summed E-state index contributed by atoms with van der Waals surface area (Å²) in [6.45, 7) is 0.601. The number of carbonyl (C=O) groups is 2. The molecule has 0 aliphatic rings. The molecule has 0 saturated carbocycles. The van der Waals surface area contributed by atoms with E-state index in [9.17, 15) is 9.59 Å². The molecule has 5 nitrogen and oxygen atoms in total. The Hall–Kier alpha value is -1.56. The van der Waals surface area contributed by atoms with Crippen LogP contribution in [0.25, 0.3) is 0 Å². The molecule has 18 heavy (non-hydrogen) atoms. The number of nitrogens with one attached hydrogen (secondary N) is 1. The molecule has 1 aromatic rings. The molecule has 98 valence electrons. The van der Waals surface area contributed by atoms with Crippen molar-refractivity contribution in [2.75, 3.05) is 11.9 Å². The summed E-state index contributed by atoms with van der Waals surface area (Å²) >= 11 is 3.27. The van der Waals surface area contributed by atoms with E-state index in [2.05, 4.69) is 21.2 Å². The third-order valence-corrected chi connectivity index (χ3v) is 3.05. The van der Waals surface area contributed by atoms with Gasteiger partial charge in [0.15, 0.2) is 0 Å². The summed E-state index contributed by atoms with van der Waals surface area (Å²) in [5.74, 6) is -1.30. The van der Waals surface area contributed by atoms with Gasteiger partial charge in [-0.15, -0.1) is 0 Å². The lowest BCUT2D eigenvalue weighted by atomic mass is 10.1. The average Bonchev–Trinajstić information content (AvgIpc) is 2.27. The van der Waals surface area contributed by atoms with Crippen LogP contribution >= 0.6 is 15.9 Å². The van der Waals surface area contributed by atoms with Gasteiger partial charge >= 0.3 is 5.97 Å². The van der Waals surface area contributed by atoms with Gasteiger partial charge in [-0.1, -0.05) is 6.07 Å².